The molecule has 0 atom stereocenters. The van der Waals surface area contributed by atoms with Gasteiger partial charge in [-0.3, -0.25) is 0 Å². The molecule has 3 heteroatoms. The summed E-state index contributed by atoms with van der Waals surface area (Å²) in [6.45, 7) is 7.21. The fourth-order valence-corrected chi connectivity index (χ4v) is 1.25. The van der Waals surface area contributed by atoms with Crippen molar-refractivity contribution in [2.24, 2.45) is 0 Å². The first-order valence-electron chi connectivity index (χ1n) is 5.21. The normalized spacial score (nSPS) is 10.1. The van der Waals surface area contributed by atoms with Gasteiger partial charge in [-0.15, -0.1) is 0 Å². The predicted molar refractivity (Wildman–Crippen MR) is 60.6 cm³/mol. The topological polar surface area (TPSA) is 37.0 Å². The second kappa shape index (κ2) is 6.38. The maximum absolute atomic E-state index is 4.36. The molecule has 0 aliphatic rings. The number of aromatic nitrogens is 1. The molecule has 2 N–H and O–H groups in total. The Morgan fingerprint density at radius 3 is 2.86 bits per heavy atom. The summed E-state index contributed by atoms with van der Waals surface area (Å²) < 4.78 is 0. The van der Waals surface area contributed by atoms with E-state index in [1.165, 1.54) is 0 Å². The van der Waals surface area contributed by atoms with Gasteiger partial charge in [0, 0.05) is 12.2 Å². The number of aryl methyl sites for hydroxylation is 1. The smallest absolute Gasteiger partial charge is 0.126 e. The van der Waals surface area contributed by atoms with Gasteiger partial charge in [0.1, 0.15) is 5.82 Å². The van der Waals surface area contributed by atoms with Crippen molar-refractivity contribution < 1.29 is 0 Å². The van der Waals surface area contributed by atoms with E-state index in [0.717, 1.165) is 37.6 Å². The van der Waals surface area contributed by atoms with Crippen LogP contribution in [0.2, 0.25) is 0 Å². The Hall–Kier alpha value is -1.09. The molecule has 14 heavy (non-hydrogen) atoms. The van der Waals surface area contributed by atoms with E-state index in [2.05, 4.69) is 22.5 Å². The number of pyridine rings is 1. The van der Waals surface area contributed by atoms with Crippen LogP contribution < -0.4 is 10.6 Å². The summed E-state index contributed by atoms with van der Waals surface area (Å²) in [5.41, 5.74) is 1.06. The maximum Gasteiger partial charge on any atom is 0.126 e. The van der Waals surface area contributed by atoms with Crippen LogP contribution in [-0.4, -0.2) is 24.6 Å². The molecule has 0 saturated heterocycles. The third-order valence-corrected chi connectivity index (χ3v) is 1.97. The van der Waals surface area contributed by atoms with Crippen LogP contribution in [-0.2, 0) is 0 Å². The molecule has 78 valence electrons. The van der Waals surface area contributed by atoms with Gasteiger partial charge >= 0.3 is 0 Å². The summed E-state index contributed by atoms with van der Waals surface area (Å²) in [4.78, 5) is 4.36. The Morgan fingerprint density at radius 2 is 2.14 bits per heavy atom. The van der Waals surface area contributed by atoms with E-state index in [1.807, 2.05) is 25.1 Å². The highest BCUT2D eigenvalue weighted by atomic mass is 15.0. The second-order valence-corrected chi connectivity index (χ2v) is 3.30. The monoisotopic (exact) mass is 193 g/mol. The van der Waals surface area contributed by atoms with Crippen molar-refractivity contribution in [2.45, 2.75) is 20.3 Å². The van der Waals surface area contributed by atoms with Gasteiger partial charge in [-0.05, 0) is 38.6 Å². The molecule has 0 fully saturated rings. The Balaban J connectivity index is 2.18. The van der Waals surface area contributed by atoms with Crippen molar-refractivity contribution in [3.63, 3.8) is 0 Å². The minimum absolute atomic E-state index is 0.974. The van der Waals surface area contributed by atoms with E-state index < -0.39 is 0 Å². The Labute approximate surface area is 85.9 Å². The molecule has 3 nitrogen and oxygen atoms in total. The van der Waals surface area contributed by atoms with Gasteiger partial charge in [-0.1, -0.05) is 13.0 Å². The molecule has 0 radical (unpaired) electrons. The Kier molecular flexibility index (Phi) is 5.00. The van der Waals surface area contributed by atoms with Crippen LogP contribution in [0.5, 0.6) is 0 Å². The lowest BCUT2D eigenvalue weighted by Crippen LogP contribution is -2.17. The molecule has 1 heterocycles. The van der Waals surface area contributed by atoms with Crippen LogP contribution in [0.4, 0.5) is 5.82 Å². The number of hydrogen-bond donors (Lipinski definition) is 2. The van der Waals surface area contributed by atoms with Crippen molar-refractivity contribution in [1.82, 2.24) is 10.3 Å². The molecule has 0 unspecified atom stereocenters. The molecule has 0 aliphatic heterocycles. The number of nitrogens with zero attached hydrogens (tertiary/aromatic N) is 1. The maximum atomic E-state index is 4.36. The number of rotatable bonds is 6. The molecule has 0 aromatic carbocycles. The Morgan fingerprint density at radius 1 is 1.29 bits per heavy atom. The second-order valence-electron chi connectivity index (χ2n) is 3.30. The SMILES string of the molecule is CCNCCCNc1cccc(C)n1. The number of nitrogens with one attached hydrogen (secondary N) is 2. The van der Waals surface area contributed by atoms with E-state index in [0.29, 0.717) is 0 Å². The average molecular weight is 193 g/mol. The lowest BCUT2D eigenvalue weighted by Gasteiger charge is -2.05. The first kappa shape index (κ1) is 11.0. The first-order chi connectivity index (χ1) is 6.83. The van der Waals surface area contributed by atoms with Gasteiger partial charge in [0.25, 0.3) is 0 Å². The molecule has 0 saturated carbocycles. The zero-order valence-electron chi connectivity index (χ0n) is 9.01. The van der Waals surface area contributed by atoms with E-state index in [9.17, 15) is 0 Å². The minimum Gasteiger partial charge on any atom is -0.370 e. The van der Waals surface area contributed by atoms with Gasteiger partial charge < -0.3 is 10.6 Å². The van der Waals surface area contributed by atoms with Gasteiger partial charge in [0.05, 0.1) is 0 Å². The number of hydrogen-bond acceptors (Lipinski definition) is 3. The van der Waals surface area contributed by atoms with Crippen molar-refractivity contribution in [3.8, 4) is 0 Å². The van der Waals surface area contributed by atoms with Crippen molar-refractivity contribution in [3.05, 3.63) is 23.9 Å². The van der Waals surface area contributed by atoms with E-state index in [1.54, 1.807) is 0 Å². The first-order valence-corrected chi connectivity index (χ1v) is 5.21. The summed E-state index contributed by atoms with van der Waals surface area (Å²) in [7, 11) is 0. The van der Waals surface area contributed by atoms with Gasteiger partial charge in [-0.25, -0.2) is 4.98 Å². The van der Waals surface area contributed by atoms with Crippen LogP contribution in [0.3, 0.4) is 0 Å². The van der Waals surface area contributed by atoms with Gasteiger partial charge in [0.2, 0.25) is 0 Å². The molecule has 0 spiro atoms. The summed E-state index contributed by atoms with van der Waals surface area (Å²) in [5, 5.41) is 6.58. The lowest BCUT2D eigenvalue weighted by atomic mass is 10.3. The van der Waals surface area contributed by atoms with E-state index in [4.69, 9.17) is 0 Å². The van der Waals surface area contributed by atoms with Crippen molar-refractivity contribution in [2.75, 3.05) is 25.0 Å². The molecule has 1 aromatic rings. The molecular weight excluding hydrogens is 174 g/mol. The van der Waals surface area contributed by atoms with Crippen molar-refractivity contribution in [1.29, 1.82) is 0 Å². The molecule has 0 aliphatic carbocycles. The quantitative estimate of drug-likeness (QED) is 0.676. The highest BCUT2D eigenvalue weighted by Crippen LogP contribution is 2.02. The molecule has 0 bridgehead atoms. The van der Waals surface area contributed by atoms with E-state index >= 15 is 0 Å². The standard InChI is InChI=1S/C11H19N3/c1-3-12-8-5-9-13-11-7-4-6-10(2)14-11/h4,6-7,12H,3,5,8-9H2,1-2H3,(H,13,14). The fraction of sp³-hybridized carbons (Fsp3) is 0.545. The summed E-state index contributed by atoms with van der Waals surface area (Å²) in [6, 6.07) is 6.03. The molecular formula is C11H19N3. The fourth-order valence-electron chi connectivity index (χ4n) is 1.25. The minimum atomic E-state index is 0.974. The largest absolute Gasteiger partial charge is 0.370 e. The highest BCUT2D eigenvalue weighted by molar-refractivity contribution is 5.34. The van der Waals surface area contributed by atoms with Crippen LogP contribution in [0.15, 0.2) is 18.2 Å². The van der Waals surface area contributed by atoms with Crippen LogP contribution >= 0.6 is 0 Å². The average Bonchev–Trinajstić information content (AvgIpc) is 2.18. The summed E-state index contributed by atoms with van der Waals surface area (Å²) >= 11 is 0. The van der Waals surface area contributed by atoms with Crippen molar-refractivity contribution >= 4 is 5.82 Å². The molecule has 1 rings (SSSR count). The van der Waals surface area contributed by atoms with E-state index in [-0.39, 0.29) is 0 Å². The third kappa shape index (κ3) is 4.23. The summed E-state index contributed by atoms with van der Waals surface area (Å²) in [5.74, 6) is 0.974. The van der Waals surface area contributed by atoms with Crippen LogP contribution in [0.25, 0.3) is 0 Å². The highest BCUT2D eigenvalue weighted by Gasteiger charge is 1.92. The number of anilines is 1. The summed E-state index contributed by atoms with van der Waals surface area (Å²) in [6.07, 6.45) is 1.13. The van der Waals surface area contributed by atoms with Gasteiger partial charge in [-0.2, -0.15) is 0 Å². The lowest BCUT2D eigenvalue weighted by molar-refractivity contribution is 0.688. The molecule has 1 aromatic heterocycles. The van der Waals surface area contributed by atoms with Crippen LogP contribution in [0, 0.1) is 6.92 Å². The zero-order chi connectivity index (χ0) is 10.2. The third-order valence-electron chi connectivity index (χ3n) is 1.97. The predicted octanol–water partition coefficient (Wildman–Crippen LogP) is 1.80. The zero-order valence-corrected chi connectivity index (χ0v) is 9.01. The van der Waals surface area contributed by atoms with Crippen LogP contribution in [0.1, 0.15) is 19.0 Å². The Bertz CT molecular complexity index is 260. The molecule has 0 amide bonds. The van der Waals surface area contributed by atoms with Gasteiger partial charge in [0.15, 0.2) is 0 Å².